The van der Waals surface area contributed by atoms with Crippen LogP contribution < -0.4 is 0 Å². The third-order valence-corrected chi connectivity index (χ3v) is 12.0. The zero-order chi connectivity index (χ0) is 50.7. The van der Waals surface area contributed by atoms with E-state index in [1.54, 1.807) is 0 Å². The number of esters is 3. The van der Waals surface area contributed by atoms with Crippen molar-refractivity contribution in [2.45, 2.75) is 264 Å². The van der Waals surface area contributed by atoms with E-state index in [4.69, 9.17) is 14.2 Å². The van der Waals surface area contributed by atoms with Crippen molar-refractivity contribution in [2.75, 3.05) is 13.2 Å². The van der Waals surface area contributed by atoms with Gasteiger partial charge in [0.05, 0.1) is 0 Å². The van der Waals surface area contributed by atoms with Crippen molar-refractivity contribution < 1.29 is 28.6 Å². The van der Waals surface area contributed by atoms with Gasteiger partial charge in [-0.3, -0.25) is 14.4 Å². The van der Waals surface area contributed by atoms with Crippen LogP contribution in [0.4, 0.5) is 0 Å². The van der Waals surface area contributed by atoms with Crippen LogP contribution in [0.5, 0.6) is 0 Å². The maximum atomic E-state index is 12.8. The third kappa shape index (κ3) is 55.0. The van der Waals surface area contributed by atoms with Crippen molar-refractivity contribution in [3.63, 3.8) is 0 Å². The topological polar surface area (TPSA) is 78.9 Å². The fourth-order valence-corrected chi connectivity index (χ4v) is 7.69. The Balaban J connectivity index is 4.22. The molecule has 0 aliphatic carbocycles. The lowest BCUT2D eigenvalue weighted by atomic mass is 10.1. The Morgan fingerprint density at radius 3 is 0.886 bits per heavy atom. The molecule has 70 heavy (non-hydrogen) atoms. The quantitative estimate of drug-likeness (QED) is 0.0262. The van der Waals surface area contributed by atoms with Crippen molar-refractivity contribution in [3.05, 3.63) is 109 Å². The van der Waals surface area contributed by atoms with Crippen LogP contribution in [0.25, 0.3) is 0 Å². The molecule has 6 heteroatoms. The van der Waals surface area contributed by atoms with Crippen LogP contribution >= 0.6 is 0 Å². The summed E-state index contributed by atoms with van der Waals surface area (Å²) in [6.07, 6.45) is 78.1. The molecule has 0 heterocycles. The number of carbonyl (C=O) groups excluding carboxylic acids is 3. The molecule has 0 radical (unpaired) electrons. The first-order valence-electron chi connectivity index (χ1n) is 28.9. The summed E-state index contributed by atoms with van der Waals surface area (Å²) in [5.74, 6) is -0.920. The van der Waals surface area contributed by atoms with Crippen molar-refractivity contribution in [3.8, 4) is 0 Å². The average Bonchev–Trinajstić information content (AvgIpc) is 3.36. The molecule has 0 aromatic heterocycles. The van der Waals surface area contributed by atoms with Gasteiger partial charge in [-0.05, 0) is 109 Å². The smallest absolute Gasteiger partial charge is 0.306 e. The SMILES string of the molecule is CC/C=C\C/C=C\C/C=C\C/C=C\C/C=C\C/C=C\C/C=C\CCCCCCCCCC(=O)OCC(COC(=O)CCCCCCCCC)OC(=O)CCCCCCC/C=C\C/C=C\CCCCCC. The minimum atomic E-state index is -0.788. The molecule has 0 saturated carbocycles. The Morgan fingerprint density at radius 2 is 0.557 bits per heavy atom. The summed E-state index contributed by atoms with van der Waals surface area (Å²) in [4.78, 5) is 37.9. The Kier molecular flexibility index (Phi) is 54.4. The zero-order valence-corrected chi connectivity index (χ0v) is 45.5. The molecule has 0 aliphatic rings. The highest BCUT2D eigenvalue weighted by molar-refractivity contribution is 5.71. The van der Waals surface area contributed by atoms with Gasteiger partial charge in [-0.25, -0.2) is 0 Å². The molecule has 1 atom stereocenters. The Labute approximate surface area is 431 Å². The van der Waals surface area contributed by atoms with E-state index in [1.165, 1.54) is 83.5 Å². The predicted octanol–water partition coefficient (Wildman–Crippen LogP) is 19.5. The van der Waals surface area contributed by atoms with Crippen molar-refractivity contribution >= 4 is 17.9 Å². The molecule has 0 amide bonds. The number of allylic oxidation sites excluding steroid dienone is 18. The van der Waals surface area contributed by atoms with E-state index in [-0.39, 0.29) is 31.1 Å². The Morgan fingerprint density at radius 1 is 0.300 bits per heavy atom. The molecule has 0 N–H and O–H groups in total. The molecule has 0 fully saturated rings. The lowest BCUT2D eigenvalue weighted by Crippen LogP contribution is -2.30. The van der Waals surface area contributed by atoms with Gasteiger partial charge in [0.25, 0.3) is 0 Å². The summed E-state index contributed by atoms with van der Waals surface area (Å²) in [5.41, 5.74) is 0. The summed E-state index contributed by atoms with van der Waals surface area (Å²) in [5, 5.41) is 0. The first kappa shape index (κ1) is 66.1. The first-order valence-corrected chi connectivity index (χ1v) is 28.9. The number of rotatable bonds is 51. The summed E-state index contributed by atoms with van der Waals surface area (Å²) < 4.78 is 16.8. The summed E-state index contributed by atoms with van der Waals surface area (Å²) in [6, 6.07) is 0. The molecule has 1 unspecified atom stereocenters. The van der Waals surface area contributed by atoms with Crippen molar-refractivity contribution in [2.24, 2.45) is 0 Å². The maximum Gasteiger partial charge on any atom is 0.306 e. The van der Waals surface area contributed by atoms with Crippen LogP contribution in [0.2, 0.25) is 0 Å². The van der Waals surface area contributed by atoms with Gasteiger partial charge in [-0.1, -0.05) is 239 Å². The second-order valence-corrected chi connectivity index (χ2v) is 18.8. The number of hydrogen-bond acceptors (Lipinski definition) is 6. The number of carbonyl (C=O) groups is 3. The fourth-order valence-electron chi connectivity index (χ4n) is 7.69. The lowest BCUT2D eigenvalue weighted by molar-refractivity contribution is -0.167. The predicted molar refractivity (Wildman–Crippen MR) is 302 cm³/mol. The molecule has 6 nitrogen and oxygen atoms in total. The third-order valence-electron chi connectivity index (χ3n) is 12.0. The number of ether oxygens (including phenoxy) is 3. The van der Waals surface area contributed by atoms with Crippen LogP contribution in [-0.4, -0.2) is 37.2 Å². The van der Waals surface area contributed by atoms with Gasteiger partial charge in [0, 0.05) is 19.3 Å². The fraction of sp³-hybridized carbons (Fsp3) is 0.672. The van der Waals surface area contributed by atoms with E-state index >= 15 is 0 Å². The molecule has 0 aromatic rings. The van der Waals surface area contributed by atoms with Crippen molar-refractivity contribution in [1.82, 2.24) is 0 Å². The summed E-state index contributed by atoms with van der Waals surface area (Å²) >= 11 is 0. The Bertz CT molecular complexity index is 1440. The highest BCUT2D eigenvalue weighted by atomic mass is 16.6. The molecule has 398 valence electrons. The van der Waals surface area contributed by atoms with Crippen LogP contribution in [0, 0.1) is 0 Å². The van der Waals surface area contributed by atoms with E-state index in [9.17, 15) is 14.4 Å². The molecule has 0 bridgehead atoms. The van der Waals surface area contributed by atoms with Gasteiger partial charge in [0.15, 0.2) is 6.10 Å². The summed E-state index contributed by atoms with van der Waals surface area (Å²) in [6.45, 7) is 6.44. The van der Waals surface area contributed by atoms with Crippen LogP contribution in [0.15, 0.2) is 109 Å². The normalized spacial score (nSPS) is 12.9. The van der Waals surface area contributed by atoms with Gasteiger partial charge >= 0.3 is 17.9 Å². The minimum absolute atomic E-state index is 0.0874. The standard InChI is InChI=1S/C64H106O6/c1-4-7-10-13-16-18-20-22-24-26-27-28-29-30-31-32-33-34-35-36-37-38-40-41-43-45-48-51-54-57-63(66)69-60-61(59-68-62(65)56-53-50-47-15-12-9-6-3)70-64(67)58-55-52-49-46-44-42-39-25-23-21-19-17-14-11-8-5-2/h7,10,16,18-19,21-22,24-25,27-28,30-31,33-34,36-37,39,61H,4-6,8-9,11-15,17,20,23,26,29,32,35,38,40-60H2,1-3H3/b10-7-,18-16-,21-19-,24-22-,28-27-,31-30-,34-33-,37-36-,39-25-. The monoisotopic (exact) mass is 971 g/mol. The van der Waals surface area contributed by atoms with Gasteiger partial charge in [0.2, 0.25) is 0 Å². The number of unbranched alkanes of at least 4 members (excludes halogenated alkanes) is 22. The molecule has 0 aliphatic heterocycles. The summed E-state index contributed by atoms with van der Waals surface area (Å²) in [7, 11) is 0. The second kappa shape index (κ2) is 57.6. The van der Waals surface area contributed by atoms with Crippen LogP contribution in [-0.2, 0) is 28.6 Å². The van der Waals surface area contributed by atoms with E-state index < -0.39 is 6.10 Å². The van der Waals surface area contributed by atoms with E-state index in [0.717, 1.165) is 135 Å². The van der Waals surface area contributed by atoms with E-state index in [2.05, 4.69) is 130 Å². The van der Waals surface area contributed by atoms with Crippen molar-refractivity contribution in [1.29, 1.82) is 0 Å². The van der Waals surface area contributed by atoms with Gasteiger partial charge in [-0.2, -0.15) is 0 Å². The van der Waals surface area contributed by atoms with Crippen LogP contribution in [0.1, 0.15) is 258 Å². The van der Waals surface area contributed by atoms with E-state index in [0.29, 0.717) is 19.3 Å². The molecular formula is C64H106O6. The van der Waals surface area contributed by atoms with Gasteiger partial charge in [-0.15, -0.1) is 0 Å². The average molecular weight is 972 g/mol. The Hall–Kier alpha value is -3.93. The van der Waals surface area contributed by atoms with Gasteiger partial charge < -0.3 is 14.2 Å². The van der Waals surface area contributed by atoms with Crippen LogP contribution in [0.3, 0.4) is 0 Å². The highest BCUT2D eigenvalue weighted by Gasteiger charge is 2.19. The highest BCUT2D eigenvalue weighted by Crippen LogP contribution is 2.14. The minimum Gasteiger partial charge on any atom is -0.462 e. The van der Waals surface area contributed by atoms with E-state index in [1.807, 2.05) is 0 Å². The first-order chi connectivity index (χ1) is 34.5. The zero-order valence-electron chi connectivity index (χ0n) is 45.5. The maximum absolute atomic E-state index is 12.8. The molecule has 0 spiro atoms. The lowest BCUT2D eigenvalue weighted by Gasteiger charge is -2.18. The molecule has 0 aromatic carbocycles. The largest absolute Gasteiger partial charge is 0.462 e. The molecule has 0 rings (SSSR count). The second-order valence-electron chi connectivity index (χ2n) is 18.8. The van der Waals surface area contributed by atoms with Gasteiger partial charge in [0.1, 0.15) is 13.2 Å². The molecular weight excluding hydrogens is 865 g/mol. The molecule has 0 saturated heterocycles. The number of hydrogen-bond donors (Lipinski definition) is 0.